The van der Waals surface area contributed by atoms with Crippen molar-refractivity contribution in [1.82, 2.24) is 4.90 Å². The molecule has 45 heavy (non-hydrogen) atoms. The Morgan fingerprint density at radius 3 is 2.58 bits per heavy atom. The van der Waals surface area contributed by atoms with Crippen LogP contribution in [0.25, 0.3) is 0 Å². The third kappa shape index (κ3) is 5.99. The van der Waals surface area contributed by atoms with Gasteiger partial charge >= 0.3 is 5.97 Å². The lowest BCUT2D eigenvalue weighted by atomic mass is 9.66. The predicted molar refractivity (Wildman–Crippen MR) is 180 cm³/mol. The van der Waals surface area contributed by atoms with Gasteiger partial charge in [0.1, 0.15) is 6.04 Å². The Balaban J connectivity index is 1.58. The van der Waals surface area contributed by atoms with Gasteiger partial charge in [-0.05, 0) is 82.1 Å². The van der Waals surface area contributed by atoms with Gasteiger partial charge in [-0.2, -0.15) is 0 Å². The topological polar surface area (TPSA) is 87.1 Å². The van der Waals surface area contributed by atoms with Crippen molar-refractivity contribution in [3.05, 3.63) is 90.5 Å². The first-order chi connectivity index (χ1) is 21.6. The molecule has 3 fully saturated rings. The normalized spacial score (nSPS) is 27.2. The number of allylic oxidation sites excluding steroid dienone is 1. The van der Waals surface area contributed by atoms with E-state index in [1.807, 2.05) is 75.4 Å². The van der Waals surface area contributed by atoms with Crippen LogP contribution in [-0.4, -0.2) is 69.1 Å². The van der Waals surface area contributed by atoms with Crippen LogP contribution in [0.15, 0.2) is 73.8 Å². The molecule has 1 N–H and O–H groups in total. The minimum absolute atomic E-state index is 0.207. The van der Waals surface area contributed by atoms with Crippen molar-refractivity contribution in [2.45, 2.75) is 80.9 Å². The van der Waals surface area contributed by atoms with Crippen molar-refractivity contribution < 1.29 is 24.2 Å². The zero-order valence-corrected chi connectivity index (χ0v) is 27.6. The van der Waals surface area contributed by atoms with Crippen LogP contribution < -0.4 is 4.90 Å². The van der Waals surface area contributed by atoms with Gasteiger partial charge in [0, 0.05) is 17.0 Å². The number of carbonyl (C=O) groups excluding carboxylic acids is 3. The number of aliphatic hydroxyl groups is 1. The molecule has 3 aliphatic rings. The monoisotopic (exact) mass is 630 g/mol. The van der Waals surface area contributed by atoms with Crippen LogP contribution in [0.4, 0.5) is 5.69 Å². The maximum absolute atomic E-state index is 15.1. The largest absolute Gasteiger partial charge is 0.465 e. The van der Waals surface area contributed by atoms with Crippen LogP contribution in [-0.2, 0) is 25.5 Å². The van der Waals surface area contributed by atoms with Crippen LogP contribution >= 0.6 is 11.8 Å². The number of likely N-dealkylation sites (tertiary alicyclic amines) is 1. The number of esters is 1. The zero-order valence-electron chi connectivity index (χ0n) is 26.7. The number of hydrogen-bond donors (Lipinski definition) is 1. The Morgan fingerprint density at radius 2 is 1.89 bits per heavy atom. The molecule has 0 aliphatic carbocycles. The SMILES string of the molecule is C=CCCCCOC(=O)[C@@H]1[C@H]2C(=O)N([C@@H](CO)Cc3ccccc3)C(C(=O)N(CC=C)c3cc(C)ccc3C)C23CC[C@@]1(C)S3. The summed E-state index contributed by atoms with van der Waals surface area (Å²) >= 11 is 1.62. The number of anilines is 1. The minimum atomic E-state index is -0.868. The van der Waals surface area contributed by atoms with E-state index in [4.69, 9.17) is 4.74 Å². The molecule has 2 bridgehead atoms. The lowest BCUT2D eigenvalue weighted by Crippen LogP contribution is -2.58. The molecule has 3 heterocycles. The zero-order chi connectivity index (χ0) is 32.4. The molecule has 2 amide bonds. The Kier molecular flexibility index (Phi) is 9.94. The Bertz CT molecular complexity index is 1450. The summed E-state index contributed by atoms with van der Waals surface area (Å²) in [4.78, 5) is 47.1. The van der Waals surface area contributed by atoms with Crippen molar-refractivity contribution in [2.75, 3.05) is 24.7 Å². The number of benzene rings is 2. The van der Waals surface area contributed by atoms with Crippen molar-refractivity contribution in [1.29, 1.82) is 0 Å². The fraction of sp³-hybridized carbons (Fsp3) is 0.486. The first-order valence-electron chi connectivity index (χ1n) is 16.1. The Hall–Kier alpha value is -3.36. The van der Waals surface area contributed by atoms with E-state index in [0.717, 1.165) is 41.6 Å². The van der Waals surface area contributed by atoms with E-state index in [-0.39, 0.29) is 37.5 Å². The summed E-state index contributed by atoms with van der Waals surface area (Å²) in [5.74, 6) is -2.20. The number of aliphatic hydroxyl groups excluding tert-OH is 1. The van der Waals surface area contributed by atoms with Gasteiger partial charge in [-0.3, -0.25) is 14.4 Å². The number of fused-ring (bicyclic) bond motifs is 1. The molecule has 5 rings (SSSR count). The number of amides is 2. The van der Waals surface area contributed by atoms with Crippen molar-refractivity contribution in [2.24, 2.45) is 11.8 Å². The van der Waals surface area contributed by atoms with Gasteiger partial charge in [-0.25, -0.2) is 0 Å². The minimum Gasteiger partial charge on any atom is -0.465 e. The third-order valence-corrected chi connectivity index (χ3v) is 11.9. The van der Waals surface area contributed by atoms with Crippen LogP contribution in [0.3, 0.4) is 0 Å². The van der Waals surface area contributed by atoms with Gasteiger partial charge in [-0.15, -0.1) is 24.9 Å². The second kappa shape index (κ2) is 13.6. The molecular weight excluding hydrogens is 584 g/mol. The molecule has 3 aliphatic heterocycles. The number of carbonyl (C=O) groups is 3. The summed E-state index contributed by atoms with van der Waals surface area (Å²) in [5.41, 5.74) is 3.69. The van der Waals surface area contributed by atoms with Crippen molar-refractivity contribution in [3.63, 3.8) is 0 Å². The number of rotatable bonds is 14. The van der Waals surface area contributed by atoms with Crippen molar-refractivity contribution >= 4 is 35.2 Å². The molecule has 6 atom stereocenters. The lowest BCUT2D eigenvalue weighted by molar-refractivity contribution is -0.156. The molecule has 3 saturated heterocycles. The summed E-state index contributed by atoms with van der Waals surface area (Å²) in [5, 5.41) is 10.8. The number of nitrogens with zero attached hydrogens (tertiary/aromatic N) is 2. The standard InChI is InChI=1S/C37H46N2O5S/c1-6-8-9-13-21-44-35(43)31-30-33(41)39(28(24-40)23-27-14-11-10-12-15-27)32(37(30)19-18-36(31,5)45-37)34(42)38(20-7-2)29-22-25(3)16-17-26(29)4/h6-7,10-12,14-17,22,28,30-32,40H,1-2,8-9,13,18-21,23-24H2,3-5H3/t28-,30+,31+,32?,36-,37?/m1/s1. The van der Waals surface area contributed by atoms with E-state index in [1.165, 1.54) is 0 Å². The van der Waals surface area contributed by atoms with Crippen LogP contribution in [0.1, 0.15) is 55.7 Å². The van der Waals surface area contributed by atoms with E-state index in [1.54, 1.807) is 27.6 Å². The van der Waals surface area contributed by atoms with E-state index < -0.39 is 33.4 Å². The second-order valence-corrected chi connectivity index (χ2v) is 14.9. The number of thioether (sulfide) groups is 1. The first-order valence-corrected chi connectivity index (χ1v) is 16.9. The van der Waals surface area contributed by atoms with Crippen LogP contribution in [0, 0.1) is 25.7 Å². The first kappa shape index (κ1) is 33.0. The molecule has 0 aromatic heterocycles. The highest BCUT2D eigenvalue weighted by atomic mass is 32.2. The predicted octanol–water partition coefficient (Wildman–Crippen LogP) is 5.81. The van der Waals surface area contributed by atoms with E-state index >= 15 is 4.79 Å². The van der Waals surface area contributed by atoms with E-state index in [9.17, 15) is 14.7 Å². The number of ether oxygens (including phenoxy) is 1. The third-order valence-electron chi connectivity index (χ3n) is 9.90. The summed E-state index contributed by atoms with van der Waals surface area (Å²) in [6.45, 7) is 14.0. The quantitative estimate of drug-likeness (QED) is 0.161. The highest BCUT2D eigenvalue weighted by Gasteiger charge is 2.78. The highest BCUT2D eigenvalue weighted by molar-refractivity contribution is 8.02. The molecule has 0 saturated carbocycles. The Morgan fingerprint density at radius 1 is 1.13 bits per heavy atom. The van der Waals surface area contributed by atoms with Gasteiger partial charge in [-0.1, -0.05) is 54.6 Å². The second-order valence-electron chi connectivity index (χ2n) is 13.0. The van der Waals surface area contributed by atoms with Gasteiger partial charge in [0.05, 0.1) is 35.8 Å². The number of unbranched alkanes of at least 4 members (excludes halogenated alkanes) is 2. The average molecular weight is 631 g/mol. The van der Waals surface area contributed by atoms with Crippen LogP contribution in [0.5, 0.6) is 0 Å². The average Bonchev–Trinajstić information content (AvgIpc) is 3.60. The molecule has 2 aromatic carbocycles. The summed E-state index contributed by atoms with van der Waals surface area (Å²) < 4.78 is 4.48. The molecular formula is C37H46N2O5S. The molecule has 7 nitrogen and oxygen atoms in total. The summed E-state index contributed by atoms with van der Waals surface area (Å²) in [6.07, 6.45) is 7.71. The van der Waals surface area contributed by atoms with E-state index in [2.05, 4.69) is 13.2 Å². The number of hydrogen-bond acceptors (Lipinski definition) is 6. The van der Waals surface area contributed by atoms with Crippen LogP contribution in [0.2, 0.25) is 0 Å². The van der Waals surface area contributed by atoms with Crippen molar-refractivity contribution in [3.8, 4) is 0 Å². The fourth-order valence-electron chi connectivity index (χ4n) is 7.78. The maximum atomic E-state index is 15.1. The highest BCUT2D eigenvalue weighted by Crippen LogP contribution is 2.72. The molecule has 240 valence electrons. The van der Waals surface area contributed by atoms with E-state index in [0.29, 0.717) is 19.3 Å². The maximum Gasteiger partial charge on any atom is 0.311 e. The van der Waals surface area contributed by atoms with Gasteiger partial charge < -0.3 is 19.6 Å². The lowest BCUT2D eigenvalue weighted by Gasteiger charge is -2.40. The van der Waals surface area contributed by atoms with Gasteiger partial charge in [0.15, 0.2) is 0 Å². The fourth-order valence-corrected chi connectivity index (χ4v) is 10.1. The molecule has 0 radical (unpaired) electrons. The number of aryl methyl sites for hydroxylation is 2. The Labute approximate surface area is 271 Å². The molecule has 2 aromatic rings. The summed E-state index contributed by atoms with van der Waals surface area (Å²) in [7, 11) is 0. The van der Waals surface area contributed by atoms with Gasteiger partial charge in [0.25, 0.3) is 5.91 Å². The molecule has 8 heteroatoms. The van der Waals surface area contributed by atoms with Gasteiger partial charge in [0.2, 0.25) is 5.91 Å². The smallest absolute Gasteiger partial charge is 0.311 e. The molecule has 1 spiro atoms. The molecule has 2 unspecified atom stereocenters. The summed E-state index contributed by atoms with van der Waals surface area (Å²) in [6, 6.07) is 14.2.